The first-order chi connectivity index (χ1) is 10.9. The van der Waals surface area contributed by atoms with Gasteiger partial charge in [-0.3, -0.25) is 4.98 Å². The molecule has 0 bridgehead atoms. The highest BCUT2D eigenvalue weighted by molar-refractivity contribution is 5.51. The summed E-state index contributed by atoms with van der Waals surface area (Å²) < 4.78 is 2.01. The molecule has 110 valence electrons. The van der Waals surface area contributed by atoms with E-state index in [-0.39, 0.29) is 6.04 Å². The van der Waals surface area contributed by atoms with Crippen molar-refractivity contribution in [2.24, 2.45) is 0 Å². The molecule has 2 heterocycles. The lowest BCUT2D eigenvalue weighted by Crippen LogP contribution is -2.12. The molecule has 1 aromatic carbocycles. The lowest BCUT2D eigenvalue weighted by atomic mass is 9.99. The Bertz CT molecular complexity index is 764. The molecule has 0 saturated carbocycles. The van der Waals surface area contributed by atoms with E-state index in [1.807, 2.05) is 29.1 Å². The molecule has 0 fully saturated rings. The first kappa shape index (κ1) is 13.2. The van der Waals surface area contributed by atoms with Crippen molar-refractivity contribution in [3.05, 3.63) is 66.0 Å². The zero-order valence-corrected chi connectivity index (χ0v) is 12.4. The van der Waals surface area contributed by atoms with E-state index in [2.05, 4.69) is 39.6 Å². The first-order valence-corrected chi connectivity index (χ1v) is 7.83. The van der Waals surface area contributed by atoms with E-state index < -0.39 is 0 Å². The SMILES string of the molecule is c1ccc(-c2cn(C3CCCCc4ccccc43)nn2)nc1. The molecule has 0 radical (unpaired) electrons. The number of hydrogen-bond donors (Lipinski definition) is 0. The van der Waals surface area contributed by atoms with Crippen LogP contribution in [0.1, 0.15) is 36.4 Å². The predicted molar refractivity (Wildman–Crippen MR) is 85.4 cm³/mol. The summed E-state index contributed by atoms with van der Waals surface area (Å²) in [5.41, 5.74) is 4.54. The number of aromatic nitrogens is 4. The Morgan fingerprint density at radius 3 is 2.77 bits per heavy atom. The Labute approximate surface area is 129 Å². The van der Waals surface area contributed by atoms with Gasteiger partial charge < -0.3 is 0 Å². The summed E-state index contributed by atoms with van der Waals surface area (Å²) in [6.07, 6.45) is 8.55. The van der Waals surface area contributed by atoms with Crippen molar-refractivity contribution < 1.29 is 0 Å². The fourth-order valence-corrected chi connectivity index (χ4v) is 3.23. The molecule has 1 unspecified atom stereocenters. The van der Waals surface area contributed by atoms with E-state index in [0.717, 1.165) is 24.2 Å². The van der Waals surface area contributed by atoms with E-state index >= 15 is 0 Å². The largest absolute Gasteiger partial charge is 0.254 e. The molecular formula is C18H18N4. The van der Waals surface area contributed by atoms with Crippen LogP contribution in [0.4, 0.5) is 0 Å². The van der Waals surface area contributed by atoms with Crippen molar-refractivity contribution in [2.75, 3.05) is 0 Å². The monoisotopic (exact) mass is 290 g/mol. The highest BCUT2D eigenvalue weighted by Crippen LogP contribution is 2.31. The summed E-state index contributed by atoms with van der Waals surface area (Å²) in [7, 11) is 0. The summed E-state index contributed by atoms with van der Waals surface area (Å²) in [6, 6.07) is 14.9. The average molecular weight is 290 g/mol. The van der Waals surface area contributed by atoms with Crippen molar-refractivity contribution in [2.45, 2.75) is 31.7 Å². The predicted octanol–water partition coefficient (Wildman–Crippen LogP) is 3.66. The number of pyridine rings is 1. The molecule has 4 heteroatoms. The molecule has 1 aliphatic carbocycles. The van der Waals surface area contributed by atoms with Crippen molar-refractivity contribution in [3.63, 3.8) is 0 Å². The lowest BCUT2D eigenvalue weighted by molar-refractivity contribution is 0.468. The second-order valence-corrected chi connectivity index (χ2v) is 5.76. The maximum absolute atomic E-state index is 4.38. The lowest BCUT2D eigenvalue weighted by Gasteiger charge is -2.17. The van der Waals surface area contributed by atoms with E-state index in [4.69, 9.17) is 0 Å². The Morgan fingerprint density at radius 2 is 1.86 bits per heavy atom. The van der Waals surface area contributed by atoms with Crippen LogP contribution in [0.25, 0.3) is 11.4 Å². The van der Waals surface area contributed by atoms with E-state index in [9.17, 15) is 0 Å². The maximum atomic E-state index is 4.38. The maximum Gasteiger partial charge on any atom is 0.131 e. The zero-order chi connectivity index (χ0) is 14.8. The Morgan fingerprint density at radius 1 is 0.955 bits per heavy atom. The third kappa shape index (κ3) is 2.41. The molecule has 0 saturated heterocycles. The van der Waals surface area contributed by atoms with Crippen LogP contribution >= 0.6 is 0 Å². The van der Waals surface area contributed by atoms with Crippen LogP contribution in [0.5, 0.6) is 0 Å². The van der Waals surface area contributed by atoms with Gasteiger partial charge in [0.05, 0.1) is 17.9 Å². The van der Waals surface area contributed by atoms with Gasteiger partial charge in [-0.2, -0.15) is 0 Å². The smallest absolute Gasteiger partial charge is 0.131 e. The van der Waals surface area contributed by atoms with Gasteiger partial charge in [0.2, 0.25) is 0 Å². The van der Waals surface area contributed by atoms with Crippen molar-refractivity contribution in [3.8, 4) is 11.4 Å². The van der Waals surface area contributed by atoms with E-state index in [1.54, 1.807) is 6.20 Å². The number of aryl methyl sites for hydroxylation is 1. The minimum Gasteiger partial charge on any atom is -0.254 e. The van der Waals surface area contributed by atoms with Gasteiger partial charge in [0, 0.05) is 6.20 Å². The van der Waals surface area contributed by atoms with Crippen LogP contribution in [0.3, 0.4) is 0 Å². The molecule has 1 atom stereocenters. The highest BCUT2D eigenvalue weighted by Gasteiger charge is 2.21. The van der Waals surface area contributed by atoms with Crippen molar-refractivity contribution in [1.29, 1.82) is 0 Å². The topological polar surface area (TPSA) is 43.6 Å². The molecule has 4 nitrogen and oxygen atoms in total. The summed E-state index contributed by atoms with van der Waals surface area (Å²) in [5, 5.41) is 8.70. The summed E-state index contributed by atoms with van der Waals surface area (Å²) in [6.45, 7) is 0. The van der Waals surface area contributed by atoms with Crippen molar-refractivity contribution in [1.82, 2.24) is 20.0 Å². The molecule has 0 N–H and O–H groups in total. The quantitative estimate of drug-likeness (QED) is 0.677. The van der Waals surface area contributed by atoms with Gasteiger partial charge in [-0.1, -0.05) is 42.0 Å². The third-order valence-electron chi connectivity index (χ3n) is 4.34. The summed E-state index contributed by atoms with van der Waals surface area (Å²) in [4.78, 5) is 4.35. The van der Waals surface area contributed by atoms with E-state index in [0.29, 0.717) is 0 Å². The molecule has 4 rings (SSSR count). The number of rotatable bonds is 2. The average Bonchev–Trinajstić information content (AvgIpc) is 2.96. The van der Waals surface area contributed by atoms with Gasteiger partial charge in [0.1, 0.15) is 5.69 Å². The van der Waals surface area contributed by atoms with Crippen LogP contribution in [0.2, 0.25) is 0 Å². The molecule has 0 spiro atoms. The molecule has 2 aromatic heterocycles. The standard InChI is InChI=1S/C18H18N4/c1-3-9-15-14(7-1)8-2-4-11-18(15)22-13-17(20-21-22)16-10-5-6-12-19-16/h1,3,5-7,9-10,12-13,18H,2,4,8,11H2. The minimum absolute atomic E-state index is 0.281. The molecule has 22 heavy (non-hydrogen) atoms. The van der Waals surface area contributed by atoms with Crippen LogP contribution in [0.15, 0.2) is 54.9 Å². The minimum atomic E-state index is 0.281. The normalized spacial score (nSPS) is 17.7. The Kier molecular flexibility index (Phi) is 3.43. The Balaban J connectivity index is 1.72. The van der Waals surface area contributed by atoms with Gasteiger partial charge >= 0.3 is 0 Å². The van der Waals surface area contributed by atoms with Gasteiger partial charge in [-0.15, -0.1) is 5.10 Å². The van der Waals surface area contributed by atoms with Gasteiger partial charge in [-0.05, 0) is 42.5 Å². The number of hydrogen-bond acceptors (Lipinski definition) is 3. The molecular weight excluding hydrogens is 272 g/mol. The first-order valence-electron chi connectivity index (χ1n) is 7.83. The zero-order valence-electron chi connectivity index (χ0n) is 12.4. The fourth-order valence-electron chi connectivity index (χ4n) is 3.23. The summed E-state index contributed by atoms with van der Waals surface area (Å²) >= 11 is 0. The molecule has 0 amide bonds. The second-order valence-electron chi connectivity index (χ2n) is 5.76. The highest BCUT2D eigenvalue weighted by atomic mass is 15.4. The van der Waals surface area contributed by atoms with Gasteiger partial charge in [0.25, 0.3) is 0 Å². The number of benzene rings is 1. The van der Waals surface area contributed by atoms with Crippen molar-refractivity contribution >= 4 is 0 Å². The van der Waals surface area contributed by atoms with Gasteiger partial charge in [0.15, 0.2) is 0 Å². The van der Waals surface area contributed by atoms with E-state index in [1.165, 1.54) is 24.0 Å². The third-order valence-corrected chi connectivity index (χ3v) is 4.34. The molecule has 0 aliphatic heterocycles. The van der Waals surface area contributed by atoms with Crippen LogP contribution in [0, 0.1) is 0 Å². The Hall–Kier alpha value is -2.49. The van der Waals surface area contributed by atoms with Crippen LogP contribution < -0.4 is 0 Å². The fraction of sp³-hybridized carbons (Fsp3) is 0.278. The number of fused-ring (bicyclic) bond motifs is 1. The summed E-state index contributed by atoms with van der Waals surface area (Å²) in [5.74, 6) is 0. The molecule has 1 aliphatic rings. The second kappa shape index (κ2) is 5.72. The van der Waals surface area contributed by atoms with Gasteiger partial charge in [-0.25, -0.2) is 4.68 Å². The van der Waals surface area contributed by atoms with Crippen LogP contribution in [-0.2, 0) is 6.42 Å². The van der Waals surface area contributed by atoms with Crippen LogP contribution in [-0.4, -0.2) is 20.0 Å². The molecule has 3 aromatic rings. The number of nitrogens with zero attached hydrogens (tertiary/aromatic N) is 4.